The number of aromatic nitrogens is 2. The van der Waals surface area contributed by atoms with Gasteiger partial charge in [-0.2, -0.15) is 0 Å². The van der Waals surface area contributed by atoms with Crippen LogP contribution in [0.25, 0.3) is 10.6 Å². The van der Waals surface area contributed by atoms with Gasteiger partial charge in [-0.05, 0) is 68.7 Å². The van der Waals surface area contributed by atoms with Gasteiger partial charge < -0.3 is 15.0 Å². The highest BCUT2D eigenvalue weighted by Crippen LogP contribution is 2.34. The van der Waals surface area contributed by atoms with Crippen LogP contribution < -0.4 is 10.1 Å². The normalized spacial score (nSPS) is 15.2. The molecule has 1 fully saturated rings. The lowest BCUT2D eigenvalue weighted by molar-refractivity contribution is 0.102. The van der Waals surface area contributed by atoms with E-state index in [1.165, 1.54) is 16.9 Å². The summed E-state index contributed by atoms with van der Waals surface area (Å²) >= 11 is 1.43. The molecule has 1 N–H and O–H groups in total. The summed E-state index contributed by atoms with van der Waals surface area (Å²) in [5.41, 5.74) is 3.21. The lowest BCUT2D eigenvalue weighted by Gasteiger charge is -2.29. The number of hydrogen-bond acceptors (Lipinski definition) is 6. The third-order valence-corrected chi connectivity index (χ3v) is 6.20. The molecule has 3 heterocycles. The van der Waals surface area contributed by atoms with E-state index in [2.05, 4.69) is 33.3 Å². The van der Waals surface area contributed by atoms with Gasteiger partial charge in [0.05, 0.1) is 12.8 Å². The summed E-state index contributed by atoms with van der Waals surface area (Å²) in [7, 11) is 3.79. The number of benzene rings is 1. The van der Waals surface area contributed by atoms with Gasteiger partial charge in [0.25, 0.3) is 5.91 Å². The van der Waals surface area contributed by atoms with Crippen LogP contribution in [0.4, 0.5) is 5.69 Å². The molecule has 0 aliphatic carbocycles. The van der Waals surface area contributed by atoms with Crippen molar-refractivity contribution in [1.29, 1.82) is 0 Å². The van der Waals surface area contributed by atoms with Crippen molar-refractivity contribution in [3.63, 3.8) is 0 Å². The molecule has 0 bridgehead atoms. The van der Waals surface area contributed by atoms with E-state index >= 15 is 0 Å². The molecule has 1 aromatic carbocycles. The van der Waals surface area contributed by atoms with Crippen LogP contribution in [-0.4, -0.2) is 48.0 Å². The van der Waals surface area contributed by atoms with E-state index in [0.717, 1.165) is 36.5 Å². The molecule has 0 saturated carbocycles. The number of hydrogen-bond donors (Lipinski definition) is 1. The van der Waals surface area contributed by atoms with Crippen molar-refractivity contribution in [2.45, 2.75) is 18.8 Å². The Morgan fingerprint density at radius 3 is 2.83 bits per heavy atom. The summed E-state index contributed by atoms with van der Waals surface area (Å²) in [6, 6.07) is 9.86. The van der Waals surface area contributed by atoms with E-state index in [0.29, 0.717) is 23.0 Å². The molecule has 150 valence electrons. The maximum absolute atomic E-state index is 12.7. The molecular weight excluding hydrogens is 384 g/mol. The van der Waals surface area contributed by atoms with Crippen molar-refractivity contribution in [2.75, 3.05) is 32.6 Å². The van der Waals surface area contributed by atoms with Crippen molar-refractivity contribution in [3.8, 4) is 16.3 Å². The molecule has 0 unspecified atom stereocenters. The number of thiazole rings is 1. The standard InChI is InChI=1S/C22H24N4O2S/c1-26-10-7-15(8-11-26)16-5-6-18(20(12-16)28-2)24-21(27)19-14-29-22(25-19)17-4-3-9-23-13-17/h3-6,9,12-15H,7-8,10-11H2,1-2H3,(H,24,27). The Balaban J connectivity index is 1.49. The summed E-state index contributed by atoms with van der Waals surface area (Å²) in [5.74, 6) is 0.963. The summed E-state index contributed by atoms with van der Waals surface area (Å²) in [4.78, 5) is 23.6. The Kier molecular flexibility index (Phi) is 5.87. The first-order chi connectivity index (χ1) is 14.1. The topological polar surface area (TPSA) is 67.3 Å². The Hall–Kier alpha value is -2.77. The second kappa shape index (κ2) is 8.71. The molecule has 4 rings (SSSR count). The lowest BCUT2D eigenvalue weighted by Crippen LogP contribution is -2.29. The third-order valence-electron chi connectivity index (χ3n) is 5.31. The first-order valence-electron chi connectivity index (χ1n) is 9.68. The average molecular weight is 409 g/mol. The fourth-order valence-electron chi connectivity index (χ4n) is 3.59. The molecule has 7 heteroatoms. The van der Waals surface area contributed by atoms with Crippen LogP contribution in [-0.2, 0) is 0 Å². The van der Waals surface area contributed by atoms with Crippen LogP contribution in [0.1, 0.15) is 34.8 Å². The highest BCUT2D eigenvalue weighted by molar-refractivity contribution is 7.13. The van der Waals surface area contributed by atoms with E-state index in [-0.39, 0.29) is 5.91 Å². The van der Waals surface area contributed by atoms with Gasteiger partial charge in [0, 0.05) is 23.3 Å². The van der Waals surface area contributed by atoms with E-state index in [1.54, 1.807) is 24.9 Å². The van der Waals surface area contributed by atoms with Crippen molar-refractivity contribution >= 4 is 22.9 Å². The molecule has 1 aliphatic heterocycles. The zero-order valence-electron chi connectivity index (χ0n) is 16.6. The number of carbonyl (C=O) groups excluding carboxylic acids is 1. The number of carbonyl (C=O) groups is 1. The fourth-order valence-corrected chi connectivity index (χ4v) is 4.38. The molecule has 0 spiro atoms. The minimum absolute atomic E-state index is 0.248. The Labute approximate surface area is 174 Å². The van der Waals surface area contributed by atoms with Gasteiger partial charge >= 0.3 is 0 Å². The van der Waals surface area contributed by atoms with E-state index in [1.807, 2.05) is 24.3 Å². The predicted octanol–water partition coefficient (Wildman–Crippen LogP) is 4.28. The predicted molar refractivity (Wildman–Crippen MR) is 116 cm³/mol. The zero-order chi connectivity index (χ0) is 20.2. The Bertz CT molecular complexity index is 981. The van der Waals surface area contributed by atoms with Crippen LogP contribution in [0.3, 0.4) is 0 Å². The van der Waals surface area contributed by atoms with Gasteiger partial charge in [-0.3, -0.25) is 9.78 Å². The minimum Gasteiger partial charge on any atom is -0.495 e. The maximum Gasteiger partial charge on any atom is 0.275 e. The molecule has 1 amide bonds. The highest BCUT2D eigenvalue weighted by Gasteiger charge is 2.20. The Morgan fingerprint density at radius 2 is 2.10 bits per heavy atom. The zero-order valence-corrected chi connectivity index (χ0v) is 17.4. The first kappa shape index (κ1) is 19.5. The number of ether oxygens (including phenoxy) is 1. The van der Waals surface area contributed by atoms with Crippen LogP contribution in [0.5, 0.6) is 5.75 Å². The number of likely N-dealkylation sites (tertiary alicyclic amines) is 1. The van der Waals surface area contributed by atoms with Gasteiger partial charge in [0.15, 0.2) is 0 Å². The van der Waals surface area contributed by atoms with Crippen LogP contribution >= 0.6 is 11.3 Å². The number of rotatable bonds is 5. The molecule has 0 radical (unpaired) electrons. The van der Waals surface area contributed by atoms with Gasteiger partial charge in [-0.25, -0.2) is 4.98 Å². The molecular formula is C22H24N4O2S. The average Bonchev–Trinajstić information content (AvgIpc) is 3.26. The van der Waals surface area contributed by atoms with Crippen molar-refractivity contribution in [3.05, 3.63) is 59.4 Å². The number of nitrogens with one attached hydrogen (secondary N) is 1. The number of anilines is 1. The van der Waals surface area contributed by atoms with Gasteiger partial charge in [0.1, 0.15) is 16.5 Å². The highest BCUT2D eigenvalue weighted by atomic mass is 32.1. The smallest absolute Gasteiger partial charge is 0.275 e. The SMILES string of the molecule is COc1cc(C2CCN(C)CC2)ccc1NC(=O)c1csc(-c2cccnc2)n1. The maximum atomic E-state index is 12.7. The number of pyridine rings is 1. The van der Waals surface area contributed by atoms with Crippen LogP contribution in [0, 0.1) is 0 Å². The molecule has 29 heavy (non-hydrogen) atoms. The van der Waals surface area contributed by atoms with Gasteiger partial charge in [-0.1, -0.05) is 6.07 Å². The molecule has 6 nitrogen and oxygen atoms in total. The molecule has 1 saturated heterocycles. The van der Waals surface area contributed by atoms with E-state index in [4.69, 9.17) is 4.74 Å². The summed E-state index contributed by atoms with van der Waals surface area (Å²) < 4.78 is 5.56. The summed E-state index contributed by atoms with van der Waals surface area (Å²) in [5, 5.41) is 5.47. The monoisotopic (exact) mass is 408 g/mol. The molecule has 2 aromatic heterocycles. The van der Waals surface area contributed by atoms with E-state index < -0.39 is 0 Å². The number of methoxy groups -OCH3 is 1. The third kappa shape index (κ3) is 4.46. The summed E-state index contributed by atoms with van der Waals surface area (Å²) in [6.07, 6.45) is 5.74. The summed E-state index contributed by atoms with van der Waals surface area (Å²) in [6.45, 7) is 2.21. The number of nitrogens with zero attached hydrogens (tertiary/aromatic N) is 3. The lowest BCUT2D eigenvalue weighted by atomic mass is 9.89. The van der Waals surface area contributed by atoms with Crippen molar-refractivity contribution in [2.24, 2.45) is 0 Å². The van der Waals surface area contributed by atoms with Crippen molar-refractivity contribution in [1.82, 2.24) is 14.9 Å². The Morgan fingerprint density at radius 1 is 1.28 bits per heavy atom. The van der Waals surface area contributed by atoms with E-state index in [9.17, 15) is 4.79 Å². The number of amides is 1. The molecule has 0 atom stereocenters. The van der Waals surface area contributed by atoms with Crippen LogP contribution in [0.15, 0.2) is 48.1 Å². The second-order valence-corrected chi connectivity index (χ2v) is 8.13. The molecule has 1 aliphatic rings. The second-order valence-electron chi connectivity index (χ2n) is 7.27. The quantitative estimate of drug-likeness (QED) is 0.683. The van der Waals surface area contributed by atoms with Crippen LogP contribution in [0.2, 0.25) is 0 Å². The molecule has 3 aromatic rings. The fraction of sp³-hybridized carbons (Fsp3) is 0.318. The van der Waals surface area contributed by atoms with Gasteiger partial charge in [0.2, 0.25) is 0 Å². The van der Waals surface area contributed by atoms with Gasteiger partial charge in [-0.15, -0.1) is 11.3 Å². The minimum atomic E-state index is -0.248. The largest absolute Gasteiger partial charge is 0.495 e. The first-order valence-corrected chi connectivity index (χ1v) is 10.6. The van der Waals surface area contributed by atoms with Crippen molar-refractivity contribution < 1.29 is 9.53 Å². The number of piperidine rings is 1.